The maximum atomic E-state index is 4.74. The molecule has 0 N–H and O–H groups in total. The molecular formula is C24H20N4. The van der Waals surface area contributed by atoms with Crippen LogP contribution >= 0.6 is 0 Å². The molecule has 0 unspecified atom stereocenters. The molecule has 6 rings (SSSR count). The van der Waals surface area contributed by atoms with E-state index in [1.165, 1.54) is 35.2 Å². The second-order valence-corrected chi connectivity index (χ2v) is 7.48. The topological polar surface area (TPSA) is 35.1 Å². The first kappa shape index (κ1) is 15.6. The molecule has 0 aliphatic heterocycles. The van der Waals surface area contributed by atoms with E-state index in [0.29, 0.717) is 0 Å². The van der Waals surface area contributed by atoms with E-state index in [4.69, 9.17) is 9.97 Å². The monoisotopic (exact) mass is 364 g/mol. The molecule has 0 bridgehead atoms. The summed E-state index contributed by atoms with van der Waals surface area (Å²) in [6, 6.07) is 19.1. The minimum atomic E-state index is 0.969. The van der Waals surface area contributed by atoms with Gasteiger partial charge in [-0.2, -0.15) is 0 Å². The number of pyridine rings is 2. The van der Waals surface area contributed by atoms with Crippen LogP contribution in [0.15, 0.2) is 73.2 Å². The Hall–Kier alpha value is -3.40. The Bertz CT molecular complexity index is 1270. The Morgan fingerprint density at radius 2 is 1.75 bits per heavy atom. The number of aromatic nitrogens is 4. The molecule has 0 radical (unpaired) electrons. The van der Waals surface area contributed by atoms with Crippen molar-refractivity contribution in [1.82, 2.24) is 18.9 Å². The van der Waals surface area contributed by atoms with Crippen LogP contribution in [0.3, 0.4) is 0 Å². The zero-order valence-corrected chi connectivity index (χ0v) is 15.5. The molecule has 0 saturated heterocycles. The normalized spacial score (nSPS) is 13.9. The molecule has 4 heteroatoms. The van der Waals surface area contributed by atoms with Crippen LogP contribution in [0, 0.1) is 0 Å². The SMILES string of the molecule is c1cnc2c(c1)c1c(n2-c2ccc(-c3cn4ccccc4n3)cc2)CCCC1. The third-order valence-electron chi connectivity index (χ3n) is 5.82. The van der Waals surface area contributed by atoms with Crippen molar-refractivity contribution in [2.24, 2.45) is 0 Å². The highest BCUT2D eigenvalue weighted by Crippen LogP contribution is 2.34. The zero-order chi connectivity index (χ0) is 18.5. The van der Waals surface area contributed by atoms with E-state index in [2.05, 4.69) is 45.5 Å². The Morgan fingerprint density at radius 3 is 2.64 bits per heavy atom. The molecule has 1 aliphatic rings. The molecule has 0 fully saturated rings. The van der Waals surface area contributed by atoms with Crippen LogP contribution in [0.5, 0.6) is 0 Å². The van der Waals surface area contributed by atoms with E-state index in [0.717, 1.165) is 35.4 Å². The average Bonchev–Trinajstić information content (AvgIpc) is 3.33. The fourth-order valence-corrected chi connectivity index (χ4v) is 4.50. The van der Waals surface area contributed by atoms with E-state index < -0.39 is 0 Å². The van der Waals surface area contributed by atoms with Crippen molar-refractivity contribution in [2.45, 2.75) is 25.7 Å². The Morgan fingerprint density at radius 1 is 0.857 bits per heavy atom. The van der Waals surface area contributed by atoms with Gasteiger partial charge in [-0.3, -0.25) is 4.57 Å². The second kappa shape index (κ2) is 6.06. The first-order chi connectivity index (χ1) is 13.9. The van der Waals surface area contributed by atoms with Gasteiger partial charge in [-0.15, -0.1) is 0 Å². The van der Waals surface area contributed by atoms with Gasteiger partial charge in [0.15, 0.2) is 0 Å². The van der Waals surface area contributed by atoms with Gasteiger partial charge in [0.05, 0.1) is 5.69 Å². The minimum absolute atomic E-state index is 0.969. The highest BCUT2D eigenvalue weighted by atomic mass is 15.1. The molecule has 0 amide bonds. The molecule has 136 valence electrons. The molecular weight excluding hydrogens is 344 g/mol. The fourth-order valence-electron chi connectivity index (χ4n) is 4.50. The number of hydrogen-bond acceptors (Lipinski definition) is 2. The molecule has 1 aliphatic carbocycles. The van der Waals surface area contributed by atoms with Gasteiger partial charge in [0.1, 0.15) is 11.3 Å². The second-order valence-electron chi connectivity index (χ2n) is 7.48. The first-order valence-corrected chi connectivity index (χ1v) is 9.90. The zero-order valence-electron chi connectivity index (χ0n) is 15.5. The van der Waals surface area contributed by atoms with Gasteiger partial charge < -0.3 is 4.40 Å². The van der Waals surface area contributed by atoms with Crippen LogP contribution in [0.2, 0.25) is 0 Å². The lowest BCUT2D eigenvalue weighted by atomic mass is 9.96. The first-order valence-electron chi connectivity index (χ1n) is 9.90. The Balaban J connectivity index is 1.48. The van der Waals surface area contributed by atoms with Crippen molar-refractivity contribution in [3.8, 4) is 16.9 Å². The van der Waals surface area contributed by atoms with E-state index in [1.54, 1.807) is 0 Å². The van der Waals surface area contributed by atoms with Gasteiger partial charge in [-0.05, 0) is 67.6 Å². The van der Waals surface area contributed by atoms with E-state index >= 15 is 0 Å². The predicted octanol–water partition coefficient (Wildman–Crippen LogP) is 5.22. The summed E-state index contributed by atoms with van der Waals surface area (Å²) >= 11 is 0. The summed E-state index contributed by atoms with van der Waals surface area (Å²) in [5, 5.41) is 1.31. The van der Waals surface area contributed by atoms with Crippen LogP contribution in [-0.2, 0) is 12.8 Å². The van der Waals surface area contributed by atoms with E-state index in [-0.39, 0.29) is 0 Å². The predicted molar refractivity (Wildman–Crippen MR) is 112 cm³/mol. The summed E-state index contributed by atoms with van der Waals surface area (Å²) in [7, 11) is 0. The quantitative estimate of drug-likeness (QED) is 0.430. The highest BCUT2D eigenvalue weighted by Gasteiger charge is 2.21. The van der Waals surface area contributed by atoms with Crippen LogP contribution in [0.4, 0.5) is 0 Å². The van der Waals surface area contributed by atoms with Crippen LogP contribution < -0.4 is 0 Å². The summed E-state index contributed by atoms with van der Waals surface area (Å²) in [5.74, 6) is 0. The number of hydrogen-bond donors (Lipinski definition) is 0. The van der Waals surface area contributed by atoms with Gasteiger partial charge in [0, 0.05) is 40.9 Å². The van der Waals surface area contributed by atoms with E-state index in [1.807, 2.05) is 36.7 Å². The lowest BCUT2D eigenvalue weighted by Crippen LogP contribution is -2.07. The highest BCUT2D eigenvalue weighted by molar-refractivity contribution is 5.84. The summed E-state index contributed by atoms with van der Waals surface area (Å²) < 4.78 is 4.42. The lowest BCUT2D eigenvalue weighted by Gasteiger charge is -2.16. The average molecular weight is 364 g/mol. The third-order valence-corrected chi connectivity index (χ3v) is 5.82. The van der Waals surface area contributed by atoms with Crippen molar-refractivity contribution in [3.63, 3.8) is 0 Å². The summed E-state index contributed by atoms with van der Waals surface area (Å²) in [5.41, 5.74) is 8.27. The molecule has 4 aromatic heterocycles. The molecule has 4 nitrogen and oxygen atoms in total. The summed E-state index contributed by atoms with van der Waals surface area (Å²) in [6.07, 6.45) is 10.8. The standard InChI is InChI=1S/C24H20N4/c1-2-8-22-19(6-1)20-7-5-14-25-24(20)28(22)18-12-10-17(11-13-18)21-16-27-15-4-3-9-23(27)26-21/h3-5,7,9-16H,1-2,6,8H2. The number of aryl methyl sites for hydroxylation is 1. The van der Waals surface area contributed by atoms with Crippen molar-refractivity contribution in [1.29, 1.82) is 0 Å². The number of nitrogens with zero attached hydrogens (tertiary/aromatic N) is 4. The van der Waals surface area contributed by atoms with Gasteiger partial charge in [-0.25, -0.2) is 9.97 Å². The van der Waals surface area contributed by atoms with Crippen LogP contribution in [0.25, 0.3) is 33.6 Å². The van der Waals surface area contributed by atoms with Crippen molar-refractivity contribution in [2.75, 3.05) is 0 Å². The molecule has 0 spiro atoms. The van der Waals surface area contributed by atoms with Gasteiger partial charge in [-0.1, -0.05) is 18.2 Å². The molecule has 4 heterocycles. The van der Waals surface area contributed by atoms with Crippen LogP contribution in [0.1, 0.15) is 24.1 Å². The maximum absolute atomic E-state index is 4.74. The number of benzene rings is 1. The van der Waals surface area contributed by atoms with Gasteiger partial charge >= 0.3 is 0 Å². The molecule has 28 heavy (non-hydrogen) atoms. The molecule has 0 atom stereocenters. The third kappa shape index (κ3) is 2.31. The fraction of sp³-hybridized carbons (Fsp3) is 0.167. The maximum Gasteiger partial charge on any atom is 0.144 e. The van der Waals surface area contributed by atoms with Crippen molar-refractivity contribution in [3.05, 3.63) is 84.4 Å². The lowest BCUT2D eigenvalue weighted by molar-refractivity contribution is 0.666. The summed E-state index contributed by atoms with van der Waals surface area (Å²) in [4.78, 5) is 9.46. The number of fused-ring (bicyclic) bond motifs is 4. The van der Waals surface area contributed by atoms with Crippen molar-refractivity contribution < 1.29 is 0 Å². The largest absolute Gasteiger partial charge is 0.306 e. The Labute approximate surface area is 163 Å². The number of rotatable bonds is 2. The van der Waals surface area contributed by atoms with Crippen molar-refractivity contribution >= 4 is 16.7 Å². The minimum Gasteiger partial charge on any atom is -0.306 e. The Kier molecular flexibility index (Phi) is 3.38. The van der Waals surface area contributed by atoms with Crippen LogP contribution in [-0.4, -0.2) is 18.9 Å². The summed E-state index contributed by atoms with van der Waals surface area (Å²) in [6.45, 7) is 0. The smallest absolute Gasteiger partial charge is 0.144 e. The van der Waals surface area contributed by atoms with Gasteiger partial charge in [0.25, 0.3) is 0 Å². The molecule has 0 saturated carbocycles. The molecule has 5 aromatic rings. The van der Waals surface area contributed by atoms with E-state index in [9.17, 15) is 0 Å². The van der Waals surface area contributed by atoms with Gasteiger partial charge in [0.2, 0.25) is 0 Å². The molecule has 1 aromatic carbocycles. The number of imidazole rings is 1.